The number of carbonyl (C=O) groups is 2. The van der Waals surface area contributed by atoms with Crippen molar-refractivity contribution in [3.8, 4) is 5.75 Å². The molecule has 0 radical (unpaired) electrons. The Balaban J connectivity index is 1.99. The maximum atomic E-state index is 14.2. The quantitative estimate of drug-likeness (QED) is 0.609. The number of amides is 2. The first-order chi connectivity index (χ1) is 15.7. The fourth-order valence-corrected chi connectivity index (χ4v) is 4.30. The summed E-state index contributed by atoms with van der Waals surface area (Å²) < 4.78 is 20.2. The Morgan fingerprint density at radius 1 is 1.15 bits per heavy atom. The topological polar surface area (TPSA) is 58.6 Å². The molecule has 1 aliphatic rings. The summed E-state index contributed by atoms with van der Waals surface area (Å²) in [5, 5.41) is 2.90. The van der Waals surface area contributed by atoms with Gasteiger partial charge in [0.1, 0.15) is 11.6 Å². The van der Waals surface area contributed by atoms with E-state index in [9.17, 15) is 14.0 Å². The predicted molar refractivity (Wildman–Crippen MR) is 128 cm³/mol. The lowest BCUT2D eigenvalue weighted by atomic mass is 9.87. The summed E-state index contributed by atoms with van der Waals surface area (Å²) in [5.41, 5.74) is 2.75. The Bertz CT molecular complexity index is 989. The Morgan fingerprint density at radius 3 is 2.55 bits per heavy atom. The van der Waals surface area contributed by atoms with E-state index in [2.05, 4.69) is 5.32 Å². The summed E-state index contributed by atoms with van der Waals surface area (Å²) >= 11 is 0. The van der Waals surface area contributed by atoms with Gasteiger partial charge in [-0.2, -0.15) is 0 Å². The molecule has 178 valence electrons. The highest BCUT2D eigenvalue weighted by molar-refractivity contribution is 5.81. The van der Waals surface area contributed by atoms with Crippen molar-refractivity contribution in [1.82, 2.24) is 10.2 Å². The van der Waals surface area contributed by atoms with Gasteiger partial charge < -0.3 is 15.0 Å². The zero-order valence-corrected chi connectivity index (χ0v) is 20.2. The van der Waals surface area contributed by atoms with Crippen molar-refractivity contribution in [3.63, 3.8) is 0 Å². The lowest BCUT2D eigenvalue weighted by Crippen LogP contribution is -2.42. The predicted octanol–water partition coefficient (Wildman–Crippen LogP) is 5.03. The first-order valence-electron chi connectivity index (χ1n) is 11.8. The molecule has 0 saturated carbocycles. The van der Waals surface area contributed by atoms with Crippen LogP contribution in [0.1, 0.15) is 70.2 Å². The molecule has 1 aliphatic heterocycles. The van der Waals surface area contributed by atoms with Gasteiger partial charge in [0, 0.05) is 19.0 Å². The van der Waals surface area contributed by atoms with Gasteiger partial charge in [0.15, 0.2) is 6.10 Å². The van der Waals surface area contributed by atoms with Crippen molar-refractivity contribution in [2.45, 2.75) is 72.1 Å². The van der Waals surface area contributed by atoms with Crippen molar-refractivity contribution in [1.29, 1.82) is 0 Å². The highest BCUT2D eigenvalue weighted by Gasteiger charge is 2.33. The summed E-state index contributed by atoms with van der Waals surface area (Å²) in [6.07, 6.45) is 1.07. The minimum atomic E-state index is -0.611. The van der Waals surface area contributed by atoms with Crippen LogP contribution in [-0.2, 0) is 16.0 Å². The van der Waals surface area contributed by atoms with Gasteiger partial charge in [-0.25, -0.2) is 4.39 Å². The zero-order valence-electron chi connectivity index (χ0n) is 20.2. The maximum Gasteiger partial charge on any atom is 0.261 e. The molecule has 0 aliphatic carbocycles. The van der Waals surface area contributed by atoms with Crippen LogP contribution in [0.5, 0.6) is 5.75 Å². The molecule has 2 aromatic rings. The molecule has 1 heterocycles. The molecule has 0 saturated heterocycles. The monoisotopic (exact) mass is 454 g/mol. The Labute approximate surface area is 196 Å². The molecule has 1 N–H and O–H groups in total. The Kier molecular flexibility index (Phi) is 8.11. The van der Waals surface area contributed by atoms with Gasteiger partial charge in [-0.15, -0.1) is 0 Å². The summed E-state index contributed by atoms with van der Waals surface area (Å²) in [6, 6.07) is 11.8. The maximum absolute atomic E-state index is 14.2. The number of nitrogens with one attached hydrogen (secondary N) is 1. The van der Waals surface area contributed by atoms with E-state index in [1.54, 1.807) is 6.07 Å². The highest BCUT2D eigenvalue weighted by atomic mass is 19.1. The number of halogens is 1. The Morgan fingerprint density at radius 2 is 1.91 bits per heavy atom. The van der Waals surface area contributed by atoms with Crippen LogP contribution >= 0.6 is 0 Å². The minimum absolute atomic E-state index is 0.0246. The van der Waals surface area contributed by atoms with E-state index < -0.39 is 12.1 Å². The molecular weight excluding hydrogens is 419 g/mol. The number of carbonyl (C=O) groups excluding carboxylic acids is 2. The second kappa shape index (κ2) is 10.8. The minimum Gasteiger partial charge on any atom is -0.481 e. The second-order valence-electron chi connectivity index (χ2n) is 9.43. The first kappa shape index (κ1) is 24.7. The van der Waals surface area contributed by atoms with E-state index in [1.807, 2.05) is 63.8 Å². The summed E-state index contributed by atoms with van der Waals surface area (Å²) in [4.78, 5) is 27.5. The molecule has 0 unspecified atom stereocenters. The average molecular weight is 455 g/mol. The first-order valence-corrected chi connectivity index (χ1v) is 11.8. The molecule has 2 aromatic carbocycles. The van der Waals surface area contributed by atoms with Crippen molar-refractivity contribution in [2.24, 2.45) is 5.92 Å². The van der Waals surface area contributed by atoms with Crippen molar-refractivity contribution in [3.05, 3.63) is 65.0 Å². The molecule has 0 spiro atoms. The number of ether oxygens (including phenoxy) is 1. The number of benzene rings is 2. The van der Waals surface area contributed by atoms with Crippen LogP contribution in [0, 0.1) is 11.7 Å². The van der Waals surface area contributed by atoms with Crippen molar-refractivity contribution in [2.75, 3.05) is 6.54 Å². The lowest BCUT2D eigenvalue weighted by Gasteiger charge is -2.38. The van der Waals surface area contributed by atoms with E-state index in [4.69, 9.17) is 4.74 Å². The molecule has 0 fully saturated rings. The van der Waals surface area contributed by atoms with Crippen LogP contribution in [0.15, 0.2) is 42.5 Å². The van der Waals surface area contributed by atoms with Gasteiger partial charge >= 0.3 is 0 Å². The van der Waals surface area contributed by atoms with E-state index in [1.165, 1.54) is 12.1 Å². The molecule has 6 heteroatoms. The lowest BCUT2D eigenvalue weighted by molar-refractivity contribution is -0.134. The molecule has 5 nitrogen and oxygen atoms in total. The van der Waals surface area contributed by atoms with Gasteiger partial charge in [-0.3, -0.25) is 9.59 Å². The van der Waals surface area contributed by atoms with Crippen LogP contribution in [0.25, 0.3) is 0 Å². The fraction of sp³-hybridized carbons (Fsp3) is 0.481. The summed E-state index contributed by atoms with van der Waals surface area (Å²) in [7, 11) is 0. The van der Waals surface area contributed by atoms with Crippen LogP contribution in [0.3, 0.4) is 0 Å². The smallest absolute Gasteiger partial charge is 0.261 e. The largest absolute Gasteiger partial charge is 0.481 e. The van der Waals surface area contributed by atoms with Gasteiger partial charge in [-0.1, -0.05) is 39.0 Å². The van der Waals surface area contributed by atoms with E-state index >= 15 is 0 Å². The third kappa shape index (κ3) is 6.12. The Hall–Kier alpha value is -2.89. The summed E-state index contributed by atoms with van der Waals surface area (Å²) in [6.45, 7) is 10.4. The van der Waals surface area contributed by atoms with Crippen molar-refractivity contribution >= 4 is 11.8 Å². The normalized spacial score (nSPS) is 16.5. The third-order valence-electron chi connectivity index (χ3n) is 5.79. The van der Waals surface area contributed by atoms with E-state index in [0.717, 1.165) is 23.1 Å². The van der Waals surface area contributed by atoms with Gasteiger partial charge in [-0.05, 0) is 73.6 Å². The third-order valence-corrected chi connectivity index (χ3v) is 5.79. The molecule has 33 heavy (non-hydrogen) atoms. The van der Waals surface area contributed by atoms with Crippen LogP contribution in [-0.4, -0.2) is 35.4 Å². The number of nitrogens with zero attached hydrogens (tertiary/aromatic N) is 1. The fourth-order valence-electron chi connectivity index (χ4n) is 4.30. The molecule has 0 aromatic heterocycles. The second-order valence-corrected chi connectivity index (χ2v) is 9.43. The van der Waals surface area contributed by atoms with E-state index in [-0.39, 0.29) is 29.6 Å². The van der Waals surface area contributed by atoms with Gasteiger partial charge in [0.2, 0.25) is 5.91 Å². The highest BCUT2D eigenvalue weighted by Crippen LogP contribution is 2.38. The molecule has 3 rings (SSSR count). The van der Waals surface area contributed by atoms with Crippen LogP contribution < -0.4 is 10.1 Å². The van der Waals surface area contributed by atoms with Crippen molar-refractivity contribution < 1.29 is 18.7 Å². The molecule has 0 bridgehead atoms. The van der Waals surface area contributed by atoms with E-state index in [0.29, 0.717) is 25.1 Å². The molecule has 2 amide bonds. The number of fused-ring (bicyclic) bond motifs is 1. The average Bonchev–Trinajstić information content (AvgIpc) is 2.75. The number of hydrogen-bond acceptors (Lipinski definition) is 3. The zero-order chi connectivity index (χ0) is 24.1. The van der Waals surface area contributed by atoms with Gasteiger partial charge in [0.25, 0.3) is 5.91 Å². The standard InChI is InChI=1S/C27H35FN2O3/c1-6-24(27(32)29-18(4)5)33-22-11-10-19-12-13-30(25(31)14-17(2)3)26(23(19)16-22)20-8-7-9-21(28)15-20/h7-11,15-18,24,26H,6,12-14H2,1-5H3,(H,29,32)/t24-,26+/m0/s1. The number of rotatable bonds is 8. The van der Waals surface area contributed by atoms with Gasteiger partial charge in [0.05, 0.1) is 6.04 Å². The van der Waals surface area contributed by atoms with Crippen LogP contribution in [0.4, 0.5) is 4.39 Å². The number of hydrogen-bond donors (Lipinski definition) is 1. The summed E-state index contributed by atoms with van der Waals surface area (Å²) in [5.74, 6) is 0.366. The molecule has 2 atom stereocenters. The molecular formula is C27H35FN2O3. The SMILES string of the molecule is CC[C@H](Oc1ccc2c(c1)[C@@H](c1cccc(F)c1)N(C(=O)CC(C)C)CC2)C(=O)NC(C)C. The van der Waals surface area contributed by atoms with Crippen LogP contribution in [0.2, 0.25) is 0 Å².